The van der Waals surface area contributed by atoms with Crippen molar-refractivity contribution >= 4 is 16.3 Å². The summed E-state index contributed by atoms with van der Waals surface area (Å²) < 4.78 is 15.0. The van der Waals surface area contributed by atoms with Crippen molar-refractivity contribution in [2.75, 3.05) is 14.2 Å². The Bertz CT molecular complexity index is 276. The fraction of sp³-hybridized carbons (Fsp3) is 0.333. The van der Waals surface area contributed by atoms with Crippen molar-refractivity contribution in [1.29, 1.82) is 0 Å². The SMILES string of the molecule is COc1ccc(COBr)cc1OC. The van der Waals surface area contributed by atoms with Crippen molar-refractivity contribution in [2.45, 2.75) is 6.61 Å². The quantitative estimate of drug-likeness (QED) is 0.818. The highest BCUT2D eigenvalue weighted by Crippen LogP contribution is 2.27. The van der Waals surface area contributed by atoms with Crippen LogP contribution in [0.4, 0.5) is 0 Å². The van der Waals surface area contributed by atoms with E-state index in [1.165, 1.54) is 0 Å². The molecule has 0 aromatic heterocycles. The average Bonchev–Trinajstić information content (AvgIpc) is 2.18. The van der Waals surface area contributed by atoms with Gasteiger partial charge in [-0.15, -0.1) is 0 Å². The molecule has 0 aliphatic heterocycles. The molecular formula is C9H11BrO3. The molecule has 3 nitrogen and oxygen atoms in total. The van der Waals surface area contributed by atoms with Gasteiger partial charge in [0.25, 0.3) is 0 Å². The summed E-state index contributed by atoms with van der Waals surface area (Å²) in [6.07, 6.45) is 0. The van der Waals surface area contributed by atoms with E-state index >= 15 is 0 Å². The van der Waals surface area contributed by atoms with Crippen molar-refractivity contribution in [3.63, 3.8) is 0 Å². The van der Waals surface area contributed by atoms with Crippen LogP contribution in [0.2, 0.25) is 0 Å². The molecule has 0 bridgehead atoms. The lowest BCUT2D eigenvalue weighted by atomic mass is 10.2. The minimum absolute atomic E-state index is 0.500. The fourth-order valence-electron chi connectivity index (χ4n) is 1.03. The summed E-state index contributed by atoms with van der Waals surface area (Å²) in [7, 11) is 3.22. The second-order valence-corrected chi connectivity index (χ2v) is 2.90. The summed E-state index contributed by atoms with van der Waals surface area (Å²) in [4.78, 5) is 0. The Morgan fingerprint density at radius 2 is 1.85 bits per heavy atom. The highest BCUT2D eigenvalue weighted by molar-refractivity contribution is 9.06. The van der Waals surface area contributed by atoms with Crippen LogP contribution in [0.15, 0.2) is 18.2 Å². The van der Waals surface area contributed by atoms with Crippen LogP contribution < -0.4 is 9.47 Å². The second-order valence-electron chi connectivity index (χ2n) is 2.44. The Labute approximate surface area is 86.1 Å². The molecule has 4 heteroatoms. The number of rotatable bonds is 4. The van der Waals surface area contributed by atoms with Crippen molar-refractivity contribution < 1.29 is 13.3 Å². The smallest absolute Gasteiger partial charge is 0.161 e. The van der Waals surface area contributed by atoms with E-state index < -0.39 is 0 Å². The third-order valence-electron chi connectivity index (χ3n) is 1.67. The van der Waals surface area contributed by atoms with Gasteiger partial charge in [0, 0.05) is 0 Å². The molecular weight excluding hydrogens is 236 g/mol. The molecule has 0 radical (unpaired) electrons. The molecule has 13 heavy (non-hydrogen) atoms. The van der Waals surface area contributed by atoms with Crippen LogP contribution in [-0.2, 0) is 10.4 Å². The molecule has 0 N–H and O–H groups in total. The number of ether oxygens (including phenoxy) is 2. The van der Waals surface area contributed by atoms with Gasteiger partial charge in [-0.25, -0.2) is 0 Å². The molecule has 0 heterocycles. The summed E-state index contributed by atoms with van der Waals surface area (Å²) in [5.41, 5.74) is 1.02. The summed E-state index contributed by atoms with van der Waals surface area (Å²) in [5, 5.41) is 0. The predicted octanol–water partition coefficient (Wildman–Crippen LogP) is 2.53. The average molecular weight is 247 g/mol. The van der Waals surface area contributed by atoms with Crippen molar-refractivity contribution in [3.05, 3.63) is 23.8 Å². The monoisotopic (exact) mass is 246 g/mol. The Kier molecular flexibility index (Phi) is 4.05. The molecule has 0 saturated heterocycles. The van der Waals surface area contributed by atoms with Crippen molar-refractivity contribution in [3.8, 4) is 11.5 Å². The third-order valence-corrected chi connectivity index (χ3v) is 1.90. The zero-order valence-electron chi connectivity index (χ0n) is 7.54. The Balaban J connectivity index is 2.91. The first-order valence-corrected chi connectivity index (χ1v) is 4.41. The maximum Gasteiger partial charge on any atom is 0.161 e. The van der Waals surface area contributed by atoms with Crippen LogP contribution in [0.25, 0.3) is 0 Å². The maximum atomic E-state index is 5.13. The molecule has 0 atom stereocenters. The number of benzene rings is 1. The number of hydrogen-bond acceptors (Lipinski definition) is 3. The molecule has 0 unspecified atom stereocenters. The first kappa shape index (κ1) is 10.3. The molecule has 0 aliphatic rings. The molecule has 0 saturated carbocycles. The Hall–Kier alpha value is -0.740. The Morgan fingerprint density at radius 3 is 2.38 bits per heavy atom. The van der Waals surface area contributed by atoms with Gasteiger partial charge < -0.3 is 13.3 Å². The summed E-state index contributed by atoms with van der Waals surface area (Å²) in [6.45, 7) is 0.500. The van der Waals surface area contributed by atoms with Crippen LogP contribution in [0.5, 0.6) is 11.5 Å². The van der Waals surface area contributed by atoms with Gasteiger partial charge >= 0.3 is 0 Å². The lowest BCUT2D eigenvalue weighted by Crippen LogP contribution is -1.92. The number of hydrogen-bond donors (Lipinski definition) is 0. The number of halogens is 1. The van der Waals surface area contributed by atoms with Crippen LogP contribution >= 0.6 is 16.3 Å². The molecule has 1 rings (SSSR count). The van der Waals surface area contributed by atoms with Crippen molar-refractivity contribution in [1.82, 2.24) is 0 Å². The zero-order chi connectivity index (χ0) is 9.68. The zero-order valence-corrected chi connectivity index (χ0v) is 9.13. The van der Waals surface area contributed by atoms with Gasteiger partial charge in [-0.1, -0.05) is 6.07 Å². The molecule has 0 amide bonds. The van der Waals surface area contributed by atoms with E-state index in [0.29, 0.717) is 12.4 Å². The first-order chi connectivity index (χ1) is 6.31. The van der Waals surface area contributed by atoms with E-state index in [9.17, 15) is 0 Å². The highest BCUT2D eigenvalue weighted by atomic mass is 79.9. The third kappa shape index (κ3) is 2.60. The molecule has 0 fully saturated rings. The maximum absolute atomic E-state index is 5.13. The largest absolute Gasteiger partial charge is 0.493 e. The highest BCUT2D eigenvalue weighted by Gasteiger charge is 2.03. The normalized spacial score (nSPS) is 9.77. The topological polar surface area (TPSA) is 27.7 Å². The van der Waals surface area contributed by atoms with Gasteiger partial charge in [0.15, 0.2) is 11.5 Å². The fourth-order valence-corrected chi connectivity index (χ4v) is 1.30. The van der Waals surface area contributed by atoms with Crippen molar-refractivity contribution in [2.24, 2.45) is 0 Å². The summed E-state index contributed by atoms with van der Waals surface area (Å²) >= 11 is 2.90. The molecule has 1 aromatic rings. The van der Waals surface area contributed by atoms with E-state index in [0.717, 1.165) is 11.3 Å². The standard InChI is InChI=1S/C9H11BrO3/c1-11-8-4-3-7(6-13-10)5-9(8)12-2/h3-5H,6H2,1-2H3. The van der Waals surface area contributed by atoms with Gasteiger partial charge in [-0.3, -0.25) is 0 Å². The summed E-state index contributed by atoms with van der Waals surface area (Å²) in [5.74, 6) is 1.44. The second kappa shape index (κ2) is 5.09. The van der Waals surface area contributed by atoms with Crippen LogP contribution in [0.1, 0.15) is 5.56 Å². The lowest BCUT2D eigenvalue weighted by Gasteiger charge is -2.08. The number of methoxy groups -OCH3 is 2. The van der Waals surface area contributed by atoms with Crippen LogP contribution in [-0.4, -0.2) is 14.2 Å². The van der Waals surface area contributed by atoms with Gasteiger partial charge in [0.05, 0.1) is 37.1 Å². The molecule has 72 valence electrons. The molecule has 0 spiro atoms. The molecule has 1 aromatic carbocycles. The summed E-state index contributed by atoms with van der Waals surface area (Å²) in [6, 6.07) is 5.64. The minimum atomic E-state index is 0.500. The van der Waals surface area contributed by atoms with Gasteiger partial charge in [0.1, 0.15) is 0 Å². The van der Waals surface area contributed by atoms with Gasteiger partial charge in [-0.05, 0) is 17.7 Å². The van der Waals surface area contributed by atoms with E-state index in [2.05, 4.69) is 16.3 Å². The van der Waals surface area contributed by atoms with Gasteiger partial charge in [0.2, 0.25) is 0 Å². The minimum Gasteiger partial charge on any atom is -0.493 e. The first-order valence-electron chi connectivity index (χ1n) is 3.76. The van der Waals surface area contributed by atoms with Crippen LogP contribution in [0, 0.1) is 0 Å². The van der Waals surface area contributed by atoms with E-state index in [-0.39, 0.29) is 0 Å². The van der Waals surface area contributed by atoms with E-state index in [1.807, 2.05) is 18.2 Å². The lowest BCUT2D eigenvalue weighted by molar-refractivity contribution is 0.350. The van der Waals surface area contributed by atoms with E-state index in [4.69, 9.17) is 13.3 Å². The van der Waals surface area contributed by atoms with E-state index in [1.54, 1.807) is 14.2 Å². The molecule has 0 aliphatic carbocycles. The van der Waals surface area contributed by atoms with Crippen LogP contribution in [0.3, 0.4) is 0 Å². The predicted molar refractivity (Wildman–Crippen MR) is 53.3 cm³/mol. The Morgan fingerprint density at radius 1 is 1.15 bits per heavy atom. The van der Waals surface area contributed by atoms with Gasteiger partial charge in [-0.2, -0.15) is 0 Å².